The number of carbonyl (C=O) groups is 1. The van der Waals surface area contributed by atoms with Crippen LogP contribution < -0.4 is 0 Å². The number of hydrogen-bond donors (Lipinski definition) is 1. The van der Waals surface area contributed by atoms with Gasteiger partial charge in [0.05, 0.1) is 6.61 Å². The van der Waals surface area contributed by atoms with Gasteiger partial charge in [-0.25, -0.2) is 0 Å². The van der Waals surface area contributed by atoms with Crippen molar-refractivity contribution < 1.29 is 9.53 Å². The van der Waals surface area contributed by atoms with E-state index in [0.717, 1.165) is 16.7 Å². The lowest BCUT2D eigenvalue weighted by molar-refractivity contribution is -0.142. The fourth-order valence-electron chi connectivity index (χ4n) is 1.85. The maximum Gasteiger partial charge on any atom is 0.323 e. The Bertz CT molecular complexity index is 534. The Hall–Kier alpha value is -1.74. The predicted molar refractivity (Wildman–Crippen MR) is 80.2 cm³/mol. The second kappa shape index (κ2) is 6.43. The van der Waals surface area contributed by atoms with Crippen molar-refractivity contribution in [2.75, 3.05) is 6.61 Å². The Balaban J connectivity index is 2.17. The zero-order valence-electron chi connectivity index (χ0n) is 10.7. The molecule has 98 valence electrons. The lowest BCUT2D eigenvalue weighted by atomic mass is 10.0. The van der Waals surface area contributed by atoms with Gasteiger partial charge >= 0.3 is 5.97 Å². The molecular formula is C16H16O2S. The van der Waals surface area contributed by atoms with Gasteiger partial charge in [-0.05, 0) is 23.6 Å². The van der Waals surface area contributed by atoms with Gasteiger partial charge in [0.25, 0.3) is 0 Å². The fourth-order valence-corrected chi connectivity index (χ4v) is 2.09. The van der Waals surface area contributed by atoms with Gasteiger partial charge in [0.15, 0.2) is 0 Å². The van der Waals surface area contributed by atoms with E-state index in [2.05, 4.69) is 24.8 Å². The van der Waals surface area contributed by atoms with Crippen LogP contribution in [0.5, 0.6) is 0 Å². The van der Waals surface area contributed by atoms with Gasteiger partial charge in [-0.3, -0.25) is 4.79 Å². The quantitative estimate of drug-likeness (QED) is 0.675. The van der Waals surface area contributed by atoms with Crippen LogP contribution in [0.3, 0.4) is 0 Å². The van der Waals surface area contributed by atoms with Crippen molar-refractivity contribution in [1.29, 1.82) is 0 Å². The molecule has 0 aromatic heterocycles. The number of benzene rings is 2. The summed E-state index contributed by atoms with van der Waals surface area (Å²) in [7, 11) is 0. The normalized spacial score (nSPS) is 11.9. The standard InChI is InChI=1S/C16H16O2S/c1-2-18-16(17)15(19)14-10-8-13(9-11-14)12-6-4-3-5-7-12/h3-11,15,19H,2H2,1H3. The minimum atomic E-state index is -0.523. The molecule has 0 spiro atoms. The van der Waals surface area contributed by atoms with E-state index in [4.69, 9.17) is 4.74 Å². The molecule has 3 heteroatoms. The van der Waals surface area contributed by atoms with Crippen molar-refractivity contribution in [2.45, 2.75) is 12.2 Å². The summed E-state index contributed by atoms with van der Waals surface area (Å²) < 4.78 is 4.96. The highest BCUT2D eigenvalue weighted by Crippen LogP contribution is 2.25. The lowest BCUT2D eigenvalue weighted by Crippen LogP contribution is -2.11. The second-order valence-corrected chi connectivity index (χ2v) is 4.66. The second-order valence-electron chi connectivity index (χ2n) is 4.14. The van der Waals surface area contributed by atoms with Crippen molar-refractivity contribution in [2.24, 2.45) is 0 Å². The summed E-state index contributed by atoms with van der Waals surface area (Å²) >= 11 is 4.30. The van der Waals surface area contributed by atoms with Crippen LogP contribution in [-0.2, 0) is 9.53 Å². The van der Waals surface area contributed by atoms with Gasteiger partial charge in [-0.2, -0.15) is 12.6 Å². The third-order valence-corrected chi connectivity index (χ3v) is 3.35. The number of hydrogen-bond acceptors (Lipinski definition) is 3. The molecule has 0 N–H and O–H groups in total. The zero-order chi connectivity index (χ0) is 13.7. The first-order chi connectivity index (χ1) is 9.22. The van der Waals surface area contributed by atoms with Gasteiger partial charge in [-0.15, -0.1) is 0 Å². The van der Waals surface area contributed by atoms with E-state index in [1.54, 1.807) is 6.92 Å². The van der Waals surface area contributed by atoms with Crippen LogP contribution >= 0.6 is 12.6 Å². The molecule has 0 aliphatic heterocycles. The van der Waals surface area contributed by atoms with Gasteiger partial charge < -0.3 is 4.74 Å². The third-order valence-electron chi connectivity index (χ3n) is 2.84. The summed E-state index contributed by atoms with van der Waals surface area (Å²) in [6.45, 7) is 2.16. The van der Waals surface area contributed by atoms with E-state index in [0.29, 0.717) is 6.61 Å². The summed E-state index contributed by atoms with van der Waals surface area (Å²) in [5.74, 6) is -0.307. The Morgan fingerprint density at radius 3 is 2.21 bits per heavy atom. The van der Waals surface area contributed by atoms with Gasteiger partial charge in [0.2, 0.25) is 0 Å². The molecule has 19 heavy (non-hydrogen) atoms. The van der Waals surface area contributed by atoms with Crippen LogP contribution in [0.4, 0.5) is 0 Å². The first-order valence-electron chi connectivity index (χ1n) is 6.22. The number of thiol groups is 1. The highest BCUT2D eigenvalue weighted by molar-refractivity contribution is 7.81. The minimum absolute atomic E-state index is 0.307. The lowest BCUT2D eigenvalue weighted by Gasteiger charge is -2.10. The largest absolute Gasteiger partial charge is 0.465 e. The number of ether oxygens (including phenoxy) is 1. The van der Waals surface area contributed by atoms with E-state index in [1.165, 1.54) is 0 Å². The van der Waals surface area contributed by atoms with E-state index in [9.17, 15) is 4.79 Å². The van der Waals surface area contributed by atoms with E-state index < -0.39 is 5.25 Å². The molecule has 2 aromatic carbocycles. The molecule has 0 bridgehead atoms. The van der Waals surface area contributed by atoms with Gasteiger partial charge in [-0.1, -0.05) is 54.6 Å². The van der Waals surface area contributed by atoms with Crippen LogP contribution in [0.15, 0.2) is 54.6 Å². The fraction of sp³-hybridized carbons (Fsp3) is 0.188. The summed E-state index contributed by atoms with van der Waals surface area (Å²) in [6, 6.07) is 17.9. The van der Waals surface area contributed by atoms with Gasteiger partial charge in [0.1, 0.15) is 5.25 Å². The van der Waals surface area contributed by atoms with Crippen LogP contribution in [0.1, 0.15) is 17.7 Å². The SMILES string of the molecule is CCOC(=O)C(S)c1ccc(-c2ccccc2)cc1. The molecule has 1 unspecified atom stereocenters. The van der Waals surface area contributed by atoms with Crippen LogP contribution in [0, 0.1) is 0 Å². The smallest absolute Gasteiger partial charge is 0.323 e. The Morgan fingerprint density at radius 2 is 1.63 bits per heavy atom. The maximum atomic E-state index is 11.6. The van der Waals surface area contributed by atoms with E-state index in [1.807, 2.05) is 42.5 Å². The first kappa shape index (κ1) is 13.7. The maximum absolute atomic E-state index is 11.6. The monoisotopic (exact) mass is 272 g/mol. The minimum Gasteiger partial charge on any atom is -0.465 e. The number of carbonyl (C=O) groups excluding carboxylic acids is 1. The van der Waals surface area contributed by atoms with E-state index in [-0.39, 0.29) is 5.97 Å². The average Bonchev–Trinajstić information content (AvgIpc) is 2.48. The topological polar surface area (TPSA) is 26.3 Å². The summed E-state index contributed by atoms with van der Waals surface area (Å²) in [4.78, 5) is 11.6. The predicted octanol–water partition coefficient (Wildman–Crippen LogP) is 3.89. The highest BCUT2D eigenvalue weighted by atomic mass is 32.1. The molecule has 0 saturated carbocycles. The number of rotatable bonds is 4. The van der Waals surface area contributed by atoms with Crippen LogP contribution in [0.25, 0.3) is 11.1 Å². The Morgan fingerprint density at radius 1 is 1.05 bits per heavy atom. The molecule has 2 aromatic rings. The van der Waals surface area contributed by atoms with Crippen molar-refractivity contribution >= 4 is 18.6 Å². The first-order valence-corrected chi connectivity index (χ1v) is 6.74. The van der Waals surface area contributed by atoms with Crippen LogP contribution in [0.2, 0.25) is 0 Å². The highest BCUT2D eigenvalue weighted by Gasteiger charge is 2.17. The molecule has 0 amide bonds. The molecule has 0 heterocycles. The molecule has 2 rings (SSSR count). The molecule has 0 aliphatic carbocycles. The summed E-state index contributed by atoms with van der Waals surface area (Å²) in [5.41, 5.74) is 3.12. The summed E-state index contributed by atoms with van der Waals surface area (Å²) in [5, 5.41) is -0.523. The molecule has 0 radical (unpaired) electrons. The molecule has 0 saturated heterocycles. The van der Waals surface area contributed by atoms with Crippen molar-refractivity contribution in [3.63, 3.8) is 0 Å². The molecule has 1 atom stereocenters. The van der Waals surface area contributed by atoms with Gasteiger partial charge in [0, 0.05) is 0 Å². The molecule has 0 aliphatic rings. The van der Waals surface area contributed by atoms with Crippen molar-refractivity contribution in [1.82, 2.24) is 0 Å². The molecular weight excluding hydrogens is 256 g/mol. The molecule has 0 fully saturated rings. The summed E-state index contributed by atoms with van der Waals surface area (Å²) in [6.07, 6.45) is 0. The van der Waals surface area contributed by atoms with E-state index >= 15 is 0 Å². The third kappa shape index (κ3) is 3.38. The molecule has 2 nitrogen and oxygen atoms in total. The Labute approximate surface area is 118 Å². The Kier molecular flexibility index (Phi) is 4.63. The zero-order valence-corrected chi connectivity index (χ0v) is 11.6. The van der Waals surface area contributed by atoms with Crippen LogP contribution in [-0.4, -0.2) is 12.6 Å². The average molecular weight is 272 g/mol. The number of esters is 1. The van der Waals surface area contributed by atoms with Crippen molar-refractivity contribution in [3.8, 4) is 11.1 Å². The van der Waals surface area contributed by atoms with Crippen molar-refractivity contribution in [3.05, 3.63) is 60.2 Å².